The van der Waals surface area contributed by atoms with E-state index in [2.05, 4.69) is 10.2 Å². The molecule has 1 heterocycles. The Labute approximate surface area is 157 Å². The summed E-state index contributed by atoms with van der Waals surface area (Å²) in [5.41, 5.74) is 0.410. The van der Waals surface area contributed by atoms with Crippen LogP contribution in [0.5, 0.6) is 0 Å². The fourth-order valence-electron chi connectivity index (χ4n) is 2.72. The second-order valence-electron chi connectivity index (χ2n) is 6.70. The van der Waals surface area contributed by atoms with Crippen molar-refractivity contribution in [1.82, 2.24) is 4.90 Å². The summed E-state index contributed by atoms with van der Waals surface area (Å²) < 4.78 is 0.561. The normalized spacial score (nSPS) is 17.2. The first-order valence-electron chi connectivity index (χ1n) is 7.92. The Morgan fingerprint density at radius 3 is 2.28 bits per heavy atom. The highest BCUT2D eigenvalue weighted by Gasteiger charge is 2.32. The smallest absolute Gasteiger partial charge is 0.305 e. The highest BCUT2D eigenvalue weighted by atomic mass is 35.5. The number of likely N-dealkylation sites (N-methyl/N-ethyl adjacent to an activating group) is 2. The van der Waals surface area contributed by atoms with E-state index >= 15 is 0 Å². The molecule has 0 unspecified atom stereocenters. The van der Waals surface area contributed by atoms with Crippen LogP contribution in [0.15, 0.2) is 12.1 Å². The van der Waals surface area contributed by atoms with E-state index in [4.69, 9.17) is 23.2 Å². The number of rotatable bonds is 4. The number of nitrogens with zero attached hydrogens (tertiary/aromatic N) is 3. The molecular formula is C16H23Cl2N4O3+. The summed E-state index contributed by atoms with van der Waals surface area (Å²) in [6.45, 7) is 4.98. The van der Waals surface area contributed by atoms with E-state index in [1.54, 1.807) is 0 Å². The molecule has 0 radical (unpaired) electrons. The molecule has 1 aliphatic heterocycles. The number of hydrogen-bond donors (Lipinski definition) is 2. The topological polar surface area (TPSA) is 72.9 Å². The van der Waals surface area contributed by atoms with Crippen molar-refractivity contribution in [2.75, 3.05) is 57.2 Å². The molecule has 138 valence electrons. The molecule has 1 fully saturated rings. The lowest BCUT2D eigenvalue weighted by molar-refractivity contribution is -0.906. The lowest BCUT2D eigenvalue weighted by atomic mass is 10.2. The molecule has 2 rings (SSSR count). The van der Waals surface area contributed by atoms with Gasteiger partial charge in [-0.1, -0.05) is 23.2 Å². The predicted octanol–water partition coefficient (Wildman–Crippen LogP) is 2.07. The summed E-state index contributed by atoms with van der Waals surface area (Å²) in [5.74, 6) is -0.757. The van der Waals surface area contributed by atoms with E-state index in [-0.39, 0.29) is 33.9 Å². The molecule has 0 spiro atoms. The van der Waals surface area contributed by atoms with Gasteiger partial charge in [-0.25, -0.2) is 0 Å². The number of hydroxylamine groups is 1. The zero-order chi connectivity index (χ0) is 18.8. The van der Waals surface area contributed by atoms with Gasteiger partial charge in [0, 0.05) is 20.0 Å². The van der Waals surface area contributed by atoms with Crippen molar-refractivity contribution in [2.24, 2.45) is 0 Å². The van der Waals surface area contributed by atoms with Crippen LogP contribution in [-0.2, 0) is 9.59 Å². The number of carbonyl (C=O) groups is 2. The highest BCUT2D eigenvalue weighted by molar-refractivity contribution is 6.40. The second-order valence-corrected chi connectivity index (χ2v) is 7.51. The Bertz CT molecular complexity index is 652. The number of amides is 2. The number of benzene rings is 1. The fraction of sp³-hybridized carbons (Fsp3) is 0.500. The molecule has 0 bridgehead atoms. The molecular weight excluding hydrogens is 367 g/mol. The molecule has 0 atom stereocenters. The molecule has 1 aromatic carbocycles. The van der Waals surface area contributed by atoms with Gasteiger partial charge in [0.2, 0.25) is 5.91 Å². The summed E-state index contributed by atoms with van der Waals surface area (Å²) in [7, 11) is 4.04. The van der Waals surface area contributed by atoms with Crippen molar-refractivity contribution >= 4 is 46.4 Å². The number of hydrogen-bond acceptors (Lipinski definition) is 4. The van der Waals surface area contributed by atoms with E-state index in [9.17, 15) is 14.8 Å². The molecule has 7 nitrogen and oxygen atoms in total. The van der Waals surface area contributed by atoms with Crippen LogP contribution in [0.1, 0.15) is 6.92 Å². The Hall–Kier alpha value is -1.38. The SMILES string of the molecule is CC(=O)Nc1c(Cl)cc(N(O)C(=O)C[N+]2(C)CCN(C)CC2)cc1Cl. The largest absolute Gasteiger partial charge is 0.324 e. The molecule has 1 saturated heterocycles. The second kappa shape index (κ2) is 7.88. The average Bonchev–Trinajstić information content (AvgIpc) is 2.52. The Morgan fingerprint density at radius 1 is 1.28 bits per heavy atom. The first-order valence-corrected chi connectivity index (χ1v) is 8.67. The number of quaternary nitrogens is 1. The highest BCUT2D eigenvalue weighted by Crippen LogP contribution is 2.35. The van der Waals surface area contributed by atoms with E-state index in [0.29, 0.717) is 9.55 Å². The summed E-state index contributed by atoms with van der Waals surface area (Å²) in [6, 6.07) is 2.78. The Kier molecular flexibility index (Phi) is 6.29. The number of nitrogens with one attached hydrogen (secondary N) is 1. The molecule has 25 heavy (non-hydrogen) atoms. The first kappa shape index (κ1) is 19.9. The van der Waals surface area contributed by atoms with Crippen molar-refractivity contribution < 1.29 is 19.3 Å². The van der Waals surface area contributed by atoms with Crippen molar-refractivity contribution in [3.05, 3.63) is 22.2 Å². The summed E-state index contributed by atoms with van der Waals surface area (Å²) >= 11 is 12.2. The first-order chi connectivity index (χ1) is 11.6. The van der Waals surface area contributed by atoms with Gasteiger partial charge in [-0.05, 0) is 19.2 Å². The van der Waals surface area contributed by atoms with Crippen LogP contribution in [0.3, 0.4) is 0 Å². The molecule has 9 heteroatoms. The third-order valence-electron chi connectivity index (χ3n) is 4.37. The van der Waals surface area contributed by atoms with Gasteiger partial charge in [-0.2, -0.15) is 5.06 Å². The third-order valence-corrected chi connectivity index (χ3v) is 4.96. The van der Waals surface area contributed by atoms with Gasteiger partial charge in [0.25, 0.3) is 0 Å². The number of halogens is 2. The maximum atomic E-state index is 12.5. The van der Waals surface area contributed by atoms with Crippen LogP contribution in [-0.4, -0.2) is 73.2 Å². The van der Waals surface area contributed by atoms with Crippen LogP contribution in [0, 0.1) is 0 Å². The minimum Gasteiger partial charge on any atom is -0.324 e. The van der Waals surface area contributed by atoms with Gasteiger partial charge >= 0.3 is 5.91 Å². The molecule has 1 aliphatic rings. The zero-order valence-corrected chi connectivity index (χ0v) is 16.1. The van der Waals surface area contributed by atoms with Gasteiger partial charge in [0.15, 0.2) is 6.54 Å². The summed E-state index contributed by atoms with van der Waals surface area (Å²) in [4.78, 5) is 25.9. The molecule has 0 aromatic heterocycles. The van der Waals surface area contributed by atoms with Gasteiger partial charge in [0.05, 0.1) is 41.6 Å². The minimum atomic E-state index is -0.438. The van der Waals surface area contributed by atoms with E-state index < -0.39 is 5.91 Å². The standard InChI is InChI=1S/C16H22Cl2N4O3/c1-11(23)19-16-13(17)8-12(9-14(16)18)21(25)15(24)10-22(3)6-4-20(2)5-7-22/h8-9,25H,4-7,10H2,1-3H3/p+1. The molecule has 1 aromatic rings. The van der Waals surface area contributed by atoms with Crippen molar-refractivity contribution in [1.29, 1.82) is 0 Å². The fourth-order valence-corrected chi connectivity index (χ4v) is 3.29. The molecule has 0 aliphatic carbocycles. The lowest BCUT2D eigenvalue weighted by Crippen LogP contribution is -2.59. The van der Waals surface area contributed by atoms with E-state index in [1.807, 2.05) is 14.1 Å². The monoisotopic (exact) mass is 389 g/mol. The van der Waals surface area contributed by atoms with Crippen molar-refractivity contribution in [2.45, 2.75) is 6.92 Å². The number of carbonyl (C=O) groups excluding carboxylic acids is 2. The Balaban J connectivity index is 2.13. The quantitative estimate of drug-likeness (QED) is 0.469. The number of piperazine rings is 1. The van der Waals surface area contributed by atoms with Gasteiger partial charge in [0.1, 0.15) is 0 Å². The third kappa shape index (κ3) is 5.05. The van der Waals surface area contributed by atoms with Crippen LogP contribution in [0.4, 0.5) is 11.4 Å². The maximum absolute atomic E-state index is 12.5. The van der Waals surface area contributed by atoms with Crippen LogP contribution in [0.2, 0.25) is 10.0 Å². The zero-order valence-electron chi connectivity index (χ0n) is 14.6. The molecule has 0 saturated carbocycles. The van der Waals surface area contributed by atoms with Crippen molar-refractivity contribution in [3.8, 4) is 0 Å². The van der Waals surface area contributed by atoms with Crippen LogP contribution >= 0.6 is 23.2 Å². The van der Waals surface area contributed by atoms with E-state index in [0.717, 1.165) is 26.2 Å². The molecule has 2 amide bonds. The lowest BCUT2D eigenvalue weighted by Gasteiger charge is -2.40. The summed E-state index contributed by atoms with van der Waals surface area (Å²) in [6.07, 6.45) is 0. The summed E-state index contributed by atoms with van der Waals surface area (Å²) in [5, 5.41) is 13.6. The Morgan fingerprint density at radius 2 is 1.80 bits per heavy atom. The predicted molar refractivity (Wildman–Crippen MR) is 98.3 cm³/mol. The van der Waals surface area contributed by atoms with Crippen LogP contribution in [0.25, 0.3) is 0 Å². The maximum Gasteiger partial charge on any atom is 0.305 e. The minimum absolute atomic E-state index is 0.143. The van der Waals surface area contributed by atoms with Crippen molar-refractivity contribution in [3.63, 3.8) is 0 Å². The van der Waals surface area contributed by atoms with Crippen LogP contribution < -0.4 is 10.4 Å². The molecule has 2 N–H and O–H groups in total. The van der Waals surface area contributed by atoms with Gasteiger partial charge in [-0.15, -0.1) is 0 Å². The number of anilines is 2. The van der Waals surface area contributed by atoms with Gasteiger partial charge in [-0.3, -0.25) is 19.7 Å². The average molecular weight is 390 g/mol. The van der Waals surface area contributed by atoms with Gasteiger partial charge < -0.3 is 9.80 Å². The van der Waals surface area contributed by atoms with E-state index in [1.165, 1.54) is 19.1 Å².